The molecule has 1 saturated heterocycles. The summed E-state index contributed by atoms with van der Waals surface area (Å²) in [6.07, 6.45) is 5.20. The molecule has 0 spiro atoms. The van der Waals surface area contributed by atoms with Gasteiger partial charge in [0, 0.05) is 41.5 Å². The number of hydrogen-bond acceptors (Lipinski definition) is 5. The van der Waals surface area contributed by atoms with E-state index in [4.69, 9.17) is 16.3 Å². The standard InChI is InChI=1S/C23H19ClN4O2/c24-19-6-7-22(18(11-19)13-25)30-20-5-1-3-16(12-20)23(29)28-10-2-4-17(14-28)21-8-9-26-15-27-21/h1,3,5-9,11-12,15,17H,2,4,10,14H2. The summed E-state index contributed by atoms with van der Waals surface area (Å²) in [6, 6.07) is 15.8. The van der Waals surface area contributed by atoms with Gasteiger partial charge in [0.25, 0.3) is 5.91 Å². The van der Waals surface area contributed by atoms with Crippen LogP contribution >= 0.6 is 11.6 Å². The van der Waals surface area contributed by atoms with Crippen molar-refractivity contribution in [2.75, 3.05) is 13.1 Å². The van der Waals surface area contributed by atoms with E-state index in [1.807, 2.05) is 11.0 Å². The van der Waals surface area contributed by atoms with E-state index in [0.29, 0.717) is 40.7 Å². The monoisotopic (exact) mass is 418 g/mol. The molecule has 4 rings (SSSR count). The summed E-state index contributed by atoms with van der Waals surface area (Å²) in [6.45, 7) is 1.33. The van der Waals surface area contributed by atoms with Gasteiger partial charge in [0.15, 0.2) is 0 Å². The Labute approximate surface area is 179 Å². The molecular formula is C23H19ClN4O2. The molecule has 7 heteroatoms. The number of benzene rings is 2. The highest BCUT2D eigenvalue weighted by Crippen LogP contribution is 2.29. The maximum atomic E-state index is 13.1. The molecule has 1 amide bonds. The maximum absolute atomic E-state index is 13.1. The Morgan fingerprint density at radius 1 is 1.23 bits per heavy atom. The van der Waals surface area contributed by atoms with E-state index in [-0.39, 0.29) is 11.8 Å². The Balaban J connectivity index is 1.51. The summed E-state index contributed by atoms with van der Waals surface area (Å²) in [5.41, 5.74) is 1.85. The highest BCUT2D eigenvalue weighted by Gasteiger charge is 2.26. The molecule has 0 aliphatic carbocycles. The molecule has 6 nitrogen and oxygen atoms in total. The van der Waals surface area contributed by atoms with Gasteiger partial charge in [-0.1, -0.05) is 17.7 Å². The fourth-order valence-corrected chi connectivity index (χ4v) is 3.80. The first-order valence-electron chi connectivity index (χ1n) is 9.67. The molecule has 1 aliphatic heterocycles. The molecule has 1 fully saturated rings. The molecule has 0 N–H and O–H groups in total. The molecular weight excluding hydrogens is 400 g/mol. The fraction of sp³-hybridized carbons (Fsp3) is 0.217. The van der Waals surface area contributed by atoms with E-state index >= 15 is 0 Å². The largest absolute Gasteiger partial charge is 0.456 e. The minimum Gasteiger partial charge on any atom is -0.456 e. The van der Waals surface area contributed by atoms with E-state index < -0.39 is 0 Å². The van der Waals surface area contributed by atoms with E-state index in [0.717, 1.165) is 18.5 Å². The van der Waals surface area contributed by atoms with E-state index in [1.165, 1.54) is 0 Å². The topological polar surface area (TPSA) is 79.1 Å². The second-order valence-electron chi connectivity index (χ2n) is 7.11. The first kappa shape index (κ1) is 19.9. The number of carbonyl (C=O) groups excluding carboxylic acids is 1. The second-order valence-corrected chi connectivity index (χ2v) is 7.54. The second kappa shape index (κ2) is 8.93. The van der Waals surface area contributed by atoms with Gasteiger partial charge in [-0.05, 0) is 55.3 Å². The number of rotatable bonds is 4. The van der Waals surface area contributed by atoms with Gasteiger partial charge in [-0.15, -0.1) is 0 Å². The van der Waals surface area contributed by atoms with E-state index in [2.05, 4.69) is 16.0 Å². The Hall–Kier alpha value is -3.43. The average Bonchev–Trinajstić information content (AvgIpc) is 2.80. The normalized spacial score (nSPS) is 16.0. The van der Waals surface area contributed by atoms with Crippen molar-refractivity contribution in [3.8, 4) is 17.6 Å². The SMILES string of the molecule is N#Cc1cc(Cl)ccc1Oc1cccc(C(=O)N2CCCC(c3ccncn3)C2)c1. The molecule has 1 aliphatic rings. The van der Waals surface area contributed by atoms with Crippen LogP contribution in [-0.2, 0) is 0 Å². The number of likely N-dealkylation sites (tertiary alicyclic amines) is 1. The third-order valence-electron chi connectivity index (χ3n) is 5.10. The van der Waals surface area contributed by atoms with Gasteiger partial charge in [-0.3, -0.25) is 4.79 Å². The first-order valence-corrected chi connectivity index (χ1v) is 10.0. The lowest BCUT2D eigenvalue weighted by molar-refractivity contribution is 0.0705. The number of amides is 1. The van der Waals surface area contributed by atoms with Crippen LogP contribution in [0.25, 0.3) is 0 Å². The summed E-state index contributed by atoms with van der Waals surface area (Å²) >= 11 is 5.94. The van der Waals surface area contributed by atoms with Gasteiger partial charge in [-0.25, -0.2) is 9.97 Å². The lowest BCUT2D eigenvalue weighted by atomic mass is 9.94. The number of nitrogens with zero attached hydrogens (tertiary/aromatic N) is 4. The van der Waals surface area contributed by atoms with Crippen LogP contribution in [0, 0.1) is 11.3 Å². The number of nitriles is 1. The van der Waals surface area contributed by atoms with Gasteiger partial charge in [0.2, 0.25) is 0 Å². The number of halogens is 1. The van der Waals surface area contributed by atoms with Crippen LogP contribution in [0.5, 0.6) is 11.5 Å². The van der Waals surface area contributed by atoms with Crippen molar-refractivity contribution in [2.45, 2.75) is 18.8 Å². The zero-order chi connectivity index (χ0) is 20.9. The van der Waals surface area contributed by atoms with Gasteiger partial charge in [0.1, 0.15) is 23.9 Å². The zero-order valence-corrected chi connectivity index (χ0v) is 16.9. The van der Waals surface area contributed by atoms with Crippen molar-refractivity contribution in [3.05, 3.63) is 82.9 Å². The lowest BCUT2D eigenvalue weighted by Crippen LogP contribution is -2.39. The highest BCUT2D eigenvalue weighted by atomic mass is 35.5. The Bertz CT molecular complexity index is 1100. The molecule has 30 heavy (non-hydrogen) atoms. The summed E-state index contributed by atoms with van der Waals surface area (Å²) < 4.78 is 5.86. The molecule has 1 aromatic heterocycles. The summed E-state index contributed by atoms with van der Waals surface area (Å²) in [7, 11) is 0. The summed E-state index contributed by atoms with van der Waals surface area (Å²) in [5.74, 6) is 1.05. The smallest absolute Gasteiger partial charge is 0.254 e. The highest BCUT2D eigenvalue weighted by molar-refractivity contribution is 6.30. The summed E-state index contributed by atoms with van der Waals surface area (Å²) in [4.78, 5) is 23.3. The molecule has 3 aromatic rings. The predicted octanol–water partition coefficient (Wildman–Crippen LogP) is 4.81. The first-order chi connectivity index (χ1) is 14.6. The molecule has 150 valence electrons. The van der Waals surface area contributed by atoms with Crippen molar-refractivity contribution >= 4 is 17.5 Å². The zero-order valence-electron chi connectivity index (χ0n) is 16.2. The Kier molecular flexibility index (Phi) is 5.92. The quantitative estimate of drug-likeness (QED) is 0.607. The number of ether oxygens (including phenoxy) is 1. The minimum atomic E-state index is -0.0455. The van der Waals surface area contributed by atoms with Crippen molar-refractivity contribution in [1.82, 2.24) is 14.9 Å². The molecule has 0 bridgehead atoms. The van der Waals surface area contributed by atoms with Crippen LogP contribution in [0.3, 0.4) is 0 Å². The van der Waals surface area contributed by atoms with E-state index in [1.54, 1.807) is 55.0 Å². The summed E-state index contributed by atoms with van der Waals surface area (Å²) in [5, 5.41) is 9.76. The van der Waals surface area contributed by atoms with Crippen LogP contribution in [0.1, 0.15) is 40.4 Å². The molecule has 1 unspecified atom stereocenters. The van der Waals surface area contributed by atoms with Crippen molar-refractivity contribution in [2.24, 2.45) is 0 Å². The van der Waals surface area contributed by atoms with Gasteiger partial charge in [0.05, 0.1) is 5.56 Å². The Morgan fingerprint density at radius 2 is 2.13 bits per heavy atom. The average molecular weight is 419 g/mol. The maximum Gasteiger partial charge on any atom is 0.254 e. The number of hydrogen-bond donors (Lipinski definition) is 0. The van der Waals surface area contributed by atoms with Gasteiger partial charge >= 0.3 is 0 Å². The number of piperidine rings is 1. The fourth-order valence-electron chi connectivity index (χ4n) is 3.63. The minimum absolute atomic E-state index is 0.0455. The third kappa shape index (κ3) is 4.42. The van der Waals surface area contributed by atoms with Crippen LogP contribution in [0.2, 0.25) is 5.02 Å². The third-order valence-corrected chi connectivity index (χ3v) is 5.34. The Morgan fingerprint density at radius 3 is 2.93 bits per heavy atom. The lowest BCUT2D eigenvalue weighted by Gasteiger charge is -2.32. The van der Waals surface area contributed by atoms with Crippen molar-refractivity contribution in [3.63, 3.8) is 0 Å². The van der Waals surface area contributed by atoms with Gasteiger partial charge < -0.3 is 9.64 Å². The number of carbonyl (C=O) groups is 1. The van der Waals surface area contributed by atoms with Crippen molar-refractivity contribution in [1.29, 1.82) is 5.26 Å². The molecule has 1 atom stereocenters. The van der Waals surface area contributed by atoms with Crippen LogP contribution in [0.4, 0.5) is 0 Å². The number of aromatic nitrogens is 2. The van der Waals surface area contributed by atoms with Gasteiger partial charge in [-0.2, -0.15) is 5.26 Å². The molecule has 2 aromatic carbocycles. The molecule has 0 radical (unpaired) electrons. The predicted molar refractivity (Wildman–Crippen MR) is 113 cm³/mol. The van der Waals surface area contributed by atoms with E-state index in [9.17, 15) is 10.1 Å². The van der Waals surface area contributed by atoms with Crippen LogP contribution in [0.15, 0.2) is 61.1 Å². The molecule has 0 saturated carbocycles. The van der Waals surface area contributed by atoms with Crippen molar-refractivity contribution < 1.29 is 9.53 Å². The molecule has 2 heterocycles. The van der Waals surface area contributed by atoms with Crippen LogP contribution in [-0.4, -0.2) is 33.9 Å². The van der Waals surface area contributed by atoms with Crippen LogP contribution < -0.4 is 4.74 Å².